The first-order valence-corrected chi connectivity index (χ1v) is 9.17. The first-order valence-electron chi connectivity index (χ1n) is 8.63. The van der Waals surface area contributed by atoms with E-state index in [1.54, 1.807) is 0 Å². The Balaban J connectivity index is 3.03. The van der Waals surface area contributed by atoms with Crippen molar-refractivity contribution in [1.82, 2.24) is 0 Å². The van der Waals surface area contributed by atoms with Crippen LogP contribution in [0, 0.1) is 0 Å². The number of hydrogen-bond acceptors (Lipinski definition) is 11. The average Bonchev–Trinajstić information content (AvgIpc) is 2.62. The third-order valence-electron chi connectivity index (χ3n) is 3.68. The van der Waals surface area contributed by atoms with Crippen LogP contribution in [0.2, 0.25) is 0 Å². The third-order valence-corrected chi connectivity index (χ3v) is 3.90. The molecule has 0 amide bonds. The van der Waals surface area contributed by atoms with Gasteiger partial charge >= 0.3 is 23.9 Å². The van der Waals surface area contributed by atoms with Crippen molar-refractivity contribution >= 4 is 41.3 Å². The second kappa shape index (κ2) is 11.7. The lowest BCUT2D eigenvalue weighted by Gasteiger charge is -2.42. The highest BCUT2D eigenvalue weighted by molar-refractivity contribution is 6.26. The van der Waals surface area contributed by atoms with Gasteiger partial charge in [0.2, 0.25) is 0 Å². The van der Waals surface area contributed by atoms with E-state index in [-0.39, 0.29) is 18.6 Å². The molecule has 0 unspecified atom stereocenters. The van der Waals surface area contributed by atoms with E-state index in [1.165, 1.54) is 6.92 Å². The van der Waals surface area contributed by atoms with E-state index >= 15 is 0 Å². The minimum Gasteiger partial charge on any atom is -0.463 e. The van der Waals surface area contributed by atoms with Gasteiger partial charge in [-0.05, 0) is 6.92 Å². The van der Waals surface area contributed by atoms with Crippen molar-refractivity contribution in [2.24, 2.45) is 0 Å². The van der Waals surface area contributed by atoms with Crippen LogP contribution < -0.4 is 0 Å². The highest BCUT2D eigenvalue weighted by Crippen LogP contribution is 2.28. The Kier molecular flexibility index (Phi) is 9.99. The Bertz CT molecular complexity index is 635. The molecule has 0 aromatic heterocycles. The summed E-state index contributed by atoms with van der Waals surface area (Å²) in [6.45, 7) is 2.93. The molecule has 0 aromatic carbocycles. The van der Waals surface area contributed by atoms with Crippen LogP contribution in [-0.4, -0.2) is 78.0 Å². The van der Waals surface area contributed by atoms with E-state index in [0.717, 1.165) is 13.8 Å². The van der Waals surface area contributed by atoms with Gasteiger partial charge in [0.1, 0.15) is 24.4 Å². The summed E-state index contributed by atoms with van der Waals surface area (Å²) in [6, 6.07) is 0. The molecule has 0 aromatic rings. The molecule has 1 aliphatic rings. The number of aliphatic hydroxyl groups excluding tert-OH is 1. The van der Waals surface area contributed by atoms with Crippen LogP contribution in [0.25, 0.3) is 0 Å². The maximum absolute atomic E-state index is 11.7. The Morgan fingerprint density at radius 3 is 1.97 bits per heavy atom. The second-order valence-electron chi connectivity index (χ2n) is 6.19. The smallest absolute Gasteiger partial charge is 0.321 e. The molecule has 1 heterocycles. The topological polar surface area (TPSA) is 152 Å². The van der Waals surface area contributed by atoms with Crippen LogP contribution >= 0.6 is 11.6 Å². The number of carbonyl (C=O) groups excluding carboxylic acids is 5. The zero-order valence-electron chi connectivity index (χ0n) is 16.1. The average molecular weight is 439 g/mol. The Labute approximate surface area is 171 Å². The molecule has 12 heteroatoms. The van der Waals surface area contributed by atoms with Gasteiger partial charge in [-0.1, -0.05) is 0 Å². The van der Waals surface area contributed by atoms with Crippen molar-refractivity contribution in [3.05, 3.63) is 0 Å². The fraction of sp³-hybridized carbons (Fsp3) is 0.706. The van der Waals surface area contributed by atoms with Crippen molar-refractivity contribution in [3.63, 3.8) is 0 Å². The maximum Gasteiger partial charge on any atom is 0.321 e. The number of ether oxygens (including phenoxy) is 5. The molecule has 1 N–H and O–H groups in total. The minimum atomic E-state index is -1.77. The molecular formula is C17H23ClO11. The van der Waals surface area contributed by atoms with Crippen LogP contribution in [-0.2, 0) is 47.7 Å². The van der Waals surface area contributed by atoms with Crippen molar-refractivity contribution in [3.8, 4) is 0 Å². The summed E-state index contributed by atoms with van der Waals surface area (Å²) < 4.78 is 25.4. The van der Waals surface area contributed by atoms with Gasteiger partial charge in [-0.2, -0.15) is 0 Å². The summed E-state index contributed by atoms with van der Waals surface area (Å²) in [5.74, 6) is -4.03. The minimum absolute atomic E-state index is 0.0256. The quantitative estimate of drug-likeness (QED) is 0.285. The molecule has 1 aliphatic heterocycles. The van der Waals surface area contributed by atoms with Crippen LogP contribution in [0.3, 0.4) is 0 Å². The molecule has 0 aliphatic carbocycles. The number of alkyl halides is 1. The van der Waals surface area contributed by atoms with Crippen LogP contribution in [0.15, 0.2) is 0 Å². The number of Topliss-reactive ketones (excluding diaryl/α,β-unsaturated/α-hetero) is 1. The van der Waals surface area contributed by atoms with Gasteiger partial charge in [-0.25, -0.2) is 0 Å². The standard InChI is InChI=1S/C17H23ClO11/c1-8(19)4-5-12(22)25-7-11-14(29-13(23)6-18)15(26-9(2)20)16(17(24)28-11)27-10(3)21/h11,14-17,24H,4-7H2,1-3H3/t11-,14-,15+,16-,17-/m1/s1. The lowest BCUT2D eigenvalue weighted by atomic mass is 9.98. The first-order chi connectivity index (χ1) is 13.5. The van der Waals surface area contributed by atoms with Crippen molar-refractivity contribution in [2.45, 2.75) is 64.3 Å². The van der Waals surface area contributed by atoms with Gasteiger partial charge in [0.15, 0.2) is 24.6 Å². The second-order valence-corrected chi connectivity index (χ2v) is 6.45. The molecule has 5 atom stereocenters. The number of aliphatic hydroxyl groups is 1. The van der Waals surface area contributed by atoms with Gasteiger partial charge in [0.25, 0.3) is 0 Å². The number of halogens is 1. The van der Waals surface area contributed by atoms with Gasteiger partial charge in [0, 0.05) is 20.3 Å². The molecule has 0 radical (unpaired) electrons. The molecule has 0 saturated carbocycles. The van der Waals surface area contributed by atoms with E-state index < -0.39 is 67.1 Å². The SMILES string of the molecule is CC(=O)CCC(=O)OC[C@H]1O[C@@H](O)[C@H](OC(C)=O)[C@@H](OC(C)=O)[C@@H]1OC(=O)CCl. The summed E-state index contributed by atoms with van der Waals surface area (Å²) in [4.78, 5) is 57.3. The maximum atomic E-state index is 11.7. The monoisotopic (exact) mass is 438 g/mol. The van der Waals surface area contributed by atoms with E-state index in [4.69, 9.17) is 35.3 Å². The highest BCUT2D eigenvalue weighted by atomic mass is 35.5. The van der Waals surface area contributed by atoms with Crippen LogP contribution in [0.1, 0.15) is 33.6 Å². The number of rotatable bonds is 9. The third kappa shape index (κ3) is 8.34. The highest BCUT2D eigenvalue weighted by Gasteiger charge is 2.51. The van der Waals surface area contributed by atoms with Gasteiger partial charge < -0.3 is 33.6 Å². The van der Waals surface area contributed by atoms with Crippen molar-refractivity contribution < 1.29 is 52.8 Å². The van der Waals surface area contributed by atoms with Crippen LogP contribution in [0.4, 0.5) is 0 Å². The number of esters is 4. The summed E-state index contributed by atoms with van der Waals surface area (Å²) in [6.07, 6.45) is -7.60. The Hall–Kier alpha value is -2.24. The lowest BCUT2D eigenvalue weighted by molar-refractivity contribution is -0.296. The zero-order valence-corrected chi connectivity index (χ0v) is 16.9. The predicted molar refractivity (Wildman–Crippen MR) is 93.5 cm³/mol. The van der Waals surface area contributed by atoms with E-state index in [2.05, 4.69) is 0 Å². The van der Waals surface area contributed by atoms with Gasteiger partial charge in [-0.3, -0.25) is 19.2 Å². The molecular weight excluding hydrogens is 416 g/mol. The van der Waals surface area contributed by atoms with E-state index in [0.29, 0.717) is 0 Å². The summed E-state index contributed by atoms with van der Waals surface area (Å²) >= 11 is 5.45. The summed E-state index contributed by atoms with van der Waals surface area (Å²) in [5, 5.41) is 10.2. The number of carbonyl (C=O) groups is 5. The number of ketones is 1. The normalized spacial score (nSPS) is 26.2. The summed E-state index contributed by atoms with van der Waals surface area (Å²) in [7, 11) is 0. The Morgan fingerprint density at radius 2 is 1.45 bits per heavy atom. The fourth-order valence-corrected chi connectivity index (χ4v) is 2.59. The van der Waals surface area contributed by atoms with E-state index in [1.807, 2.05) is 0 Å². The molecule has 164 valence electrons. The molecule has 29 heavy (non-hydrogen) atoms. The first kappa shape index (κ1) is 24.8. The fourth-order valence-electron chi connectivity index (χ4n) is 2.52. The van der Waals surface area contributed by atoms with Gasteiger partial charge in [-0.15, -0.1) is 11.6 Å². The molecule has 1 fully saturated rings. The van der Waals surface area contributed by atoms with Crippen LogP contribution in [0.5, 0.6) is 0 Å². The van der Waals surface area contributed by atoms with Crippen molar-refractivity contribution in [1.29, 1.82) is 0 Å². The molecule has 0 spiro atoms. The van der Waals surface area contributed by atoms with Crippen molar-refractivity contribution in [2.75, 3.05) is 12.5 Å². The predicted octanol–water partition coefficient (Wildman–Crippen LogP) is -0.370. The Morgan fingerprint density at radius 1 is 0.862 bits per heavy atom. The van der Waals surface area contributed by atoms with Gasteiger partial charge in [0.05, 0.1) is 6.42 Å². The van der Waals surface area contributed by atoms with E-state index in [9.17, 15) is 29.1 Å². The molecule has 1 rings (SSSR count). The lowest BCUT2D eigenvalue weighted by Crippen LogP contribution is -2.62. The molecule has 11 nitrogen and oxygen atoms in total. The molecule has 0 bridgehead atoms. The number of hydrogen-bond donors (Lipinski definition) is 1. The largest absolute Gasteiger partial charge is 0.463 e. The summed E-state index contributed by atoms with van der Waals surface area (Å²) in [5.41, 5.74) is 0. The zero-order chi connectivity index (χ0) is 22.1. The molecule has 1 saturated heterocycles.